The third-order valence-electron chi connectivity index (χ3n) is 4.06. The normalized spacial score (nSPS) is 26.2. The van der Waals surface area contributed by atoms with Gasteiger partial charge in [0.15, 0.2) is 0 Å². The zero-order valence-corrected chi connectivity index (χ0v) is 14.1. The lowest BCUT2D eigenvalue weighted by Gasteiger charge is -2.39. The predicted molar refractivity (Wildman–Crippen MR) is 87.5 cm³/mol. The summed E-state index contributed by atoms with van der Waals surface area (Å²) >= 11 is 9.70. The van der Waals surface area contributed by atoms with Crippen LogP contribution in [-0.4, -0.2) is 16.8 Å². The highest BCUT2D eigenvalue weighted by molar-refractivity contribution is 9.09. The first-order chi connectivity index (χ1) is 9.54. The van der Waals surface area contributed by atoms with Crippen molar-refractivity contribution in [2.45, 2.75) is 44.6 Å². The van der Waals surface area contributed by atoms with E-state index >= 15 is 0 Å². The van der Waals surface area contributed by atoms with E-state index in [1.165, 1.54) is 12.8 Å². The van der Waals surface area contributed by atoms with E-state index in [0.29, 0.717) is 17.4 Å². The zero-order valence-electron chi connectivity index (χ0n) is 11.8. The molecule has 0 saturated heterocycles. The summed E-state index contributed by atoms with van der Waals surface area (Å²) in [4.78, 5) is 12.3. The summed E-state index contributed by atoms with van der Waals surface area (Å²) < 4.78 is 0. The van der Waals surface area contributed by atoms with Crippen LogP contribution < -0.4 is 5.32 Å². The number of amides is 1. The topological polar surface area (TPSA) is 29.1 Å². The van der Waals surface area contributed by atoms with Gasteiger partial charge in [0.1, 0.15) is 0 Å². The van der Waals surface area contributed by atoms with Crippen molar-refractivity contribution in [1.29, 1.82) is 0 Å². The molecule has 0 radical (unpaired) electrons. The van der Waals surface area contributed by atoms with Crippen molar-refractivity contribution in [2.24, 2.45) is 5.92 Å². The average molecular weight is 359 g/mol. The molecule has 2 atom stereocenters. The Balaban J connectivity index is 2.01. The lowest BCUT2D eigenvalue weighted by Crippen LogP contribution is -2.53. The van der Waals surface area contributed by atoms with Crippen molar-refractivity contribution in [3.63, 3.8) is 0 Å². The molecule has 110 valence electrons. The van der Waals surface area contributed by atoms with E-state index in [1.54, 1.807) is 0 Å². The molecule has 0 aromatic heterocycles. The summed E-state index contributed by atoms with van der Waals surface area (Å²) in [5.74, 6) is 0.730. The van der Waals surface area contributed by atoms with Crippen molar-refractivity contribution in [2.75, 3.05) is 5.33 Å². The highest BCUT2D eigenvalue weighted by atomic mass is 79.9. The summed E-state index contributed by atoms with van der Waals surface area (Å²) in [5.41, 5.74) is 0.802. The predicted octanol–water partition coefficient (Wildman–Crippen LogP) is 4.34. The van der Waals surface area contributed by atoms with Crippen LogP contribution in [-0.2, 0) is 11.2 Å². The molecule has 1 aliphatic carbocycles. The SMILES string of the molecule is CC1CCCC(CBr)(NC(=O)Cc2ccccc2Cl)C1. The van der Waals surface area contributed by atoms with E-state index < -0.39 is 0 Å². The van der Waals surface area contributed by atoms with Crippen molar-refractivity contribution in [3.8, 4) is 0 Å². The van der Waals surface area contributed by atoms with Crippen LogP contribution in [0.5, 0.6) is 0 Å². The summed E-state index contributed by atoms with van der Waals surface area (Å²) in [5, 5.41) is 4.72. The van der Waals surface area contributed by atoms with Crippen molar-refractivity contribution < 1.29 is 4.79 Å². The van der Waals surface area contributed by atoms with Crippen LogP contribution >= 0.6 is 27.5 Å². The van der Waals surface area contributed by atoms with Gasteiger partial charge in [0.25, 0.3) is 0 Å². The van der Waals surface area contributed by atoms with E-state index in [-0.39, 0.29) is 11.4 Å². The molecule has 0 heterocycles. The second-order valence-electron chi connectivity index (χ2n) is 5.93. The number of nitrogens with one attached hydrogen (secondary N) is 1. The standard InChI is InChI=1S/C16H21BrClNO/c1-12-5-4-8-16(10-12,11-17)19-15(20)9-13-6-2-3-7-14(13)18/h2-3,6-7,12H,4-5,8-11H2,1H3,(H,19,20). The fraction of sp³-hybridized carbons (Fsp3) is 0.562. The minimum Gasteiger partial charge on any atom is -0.350 e. The van der Waals surface area contributed by atoms with E-state index in [9.17, 15) is 4.79 Å². The van der Waals surface area contributed by atoms with Gasteiger partial charge in [-0.25, -0.2) is 0 Å². The number of carbonyl (C=O) groups is 1. The molecule has 1 aromatic rings. The molecule has 1 aliphatic rings. The average Bonchev–Trinajstić information content (AvgIpc) is 2.41. The number of alkyl halides is 1. The Kier molecular flexibility index (Phi) is 5.50. The molecule has 2 nitrogen and oxygen atoms in total. The summed E-state index contributed by atoms with van der Waals surface area (Å²) in [6.07, 6.45) is 4.89. The number of halogens is 2. The Bertz CT molecular complexity index is 479. The van der Waals surface area contributed by atoms with Crippen LogP contribution in [0.1, 0.15) is 38.2 Å². The zero-order chi connectivity index (χ0) is 14.6. The number of carbonyl (C=O) groups excluding carboxylic acids is 1. The van der Waals surface area contributed by atoms with E-state index in [2.05, 4.69) is 28.2 Å². The monoisotopic (exact) mass is 357 g/mol. The smallest absolute Gasteiger partial charge is 0.224 e. The maximum Gasteiger partial charge on any atom is 0.224 e. The molecule has 0 spiro atoms. The molecule has 0 aliphatic heterocycles. The van der Waals surface area contributed by atoms with Crippen molar-refractivity contribution in [3.05, 3.63) is 34.9 Å². The van der Waals surface area contributed by atoms with E-state index in [4.69, 9.17) is 11.6 Å². The third-order valence-corrected chi connectivity index (χ3v) is 5.50. The van der Waals surface area contributed by atoms with Crippen LogP contribution in [0.2, 0.25) is 5.02 Å². The Morgan fingerprint density at radius 1 is 1.50 bits per heavy atom. The second-order valence-corrected chi connectivity index (χ2v) is 6.90. The van der Waals surface area contributed by atoms with Gasteiger partial charge < -0.3 is 5.32 Å². The minimum absolute atomic E-state index is 0.0617. The largest absolute Gasteiger partial charge is 0.350 e. The molecule has 2 unspecified atom stereocenters. The lowest BCUT2D eigenvalue weighted by molar-refractivity contribution is -0.122. The van der Waals surface area contributed by atoms with Gasteiger partial charge in [-0.1, -0.05) is 65.5 Å². The van der Waals surface area contributed by atoms with Gasteiger partial charge in [-0.15, -0.1) is 0 Å². The molecule has 2 rings (SSSR count). The first kappa shape index (κ1) is 15.8. The molecule has 0 bridgehead atoms. The molecule has 1 aromatic carbocycles. The van der Waals surface area contributed by atoms with Crippen molar-refractivity contribution in [1.82, 2.24) is 5.32 Å². The van der Waals surface area contributed by atoms with Gasteiger partial charge in [0.05, 0.1) is 6.42 Å². The second kappa shape index (κ2) is 6.95. The molecule has 20 heavy (non-hydrogen) atoms. The Morgan fingerprint density at radius 3 is 2.90 bits per heavy atom. The van der Waals surface area contributed by atoms with E-state index in [0.717, 1.165) is 23.7 Å². The fourth-order valence-corrected chi connectivity index (χ4v) is 3.94. The molecule has 1 amide bonds. The molecule has 1 saturated carbocycles. The van der Waals surface area contributed by atoms with Crippen LogP contribution in [0.25, 0.3) is 0 Å². The first-order valence-corrected chi connectivity index (χ1v) is 8.65. The van der Waals surface area contributed by atoms with Gasteiger partial charge in [0, 0.05) is 15.9 Å². The van der Waals surface area contributed by atoms with Gasteiger partial charge in [0.2, 0.25) is 5.91 Å². The summed E-state index contributed by atoms with van der Waals surface area (Å²) in [6, 6.07) is 7.53. The van der Waals surface area contributed by atoms with Gasteiger partial charge in [-0.3, -0.25) is 4.79 Å². The molecule has 1 N–H and O–H groups in total. The summed E-state index contributed by atoms with van der Waals surface area (Å²) in [7, 11) is 0. The quantitative estimate of drug-likeness (QED) is 0.797. The first-order valence-electron chi connectivity index (χ1n) is 7.15. The maximum atomic E-state index is 12.3. The van der Waals surface area contributed by atoms with Crippen LogP contribution in [0.4, 0.5) is 0 Å². The fourth-order valence-electron chi connectivity index (χ4n) is 3.08. The highest BCUT2D eigenvalue weighted by Gasteiger charge is 2.35. The molecular formula is C16H21BrClNO. The van der Waals surface area contributed by atoms with E-state index in [1.807, 2.05) is 24.3 Å². The van der Waals surface area contributed by atoms with Gasteiger partial charge in [-0.05, 0) is 30.4 Å². The molecule has 4 heteroatoms. The Hall–Kier alpha value is -0.540. The number of rotatable bonds is 4. The molecule has 1 fully saturated rings. The third kappa shape index (κ3) is 3.98. The molecular weight excluding hydrogens is 338 g/mol. The maximum absolute atomic E-state index is 12.3. The van der Waals surface area contributed by atoms with Crippen LogP contribution in [0.15, 0.2) is 24.3 Å². The van der Waals surface area contributed by atoms with Gasteiger partial charge in [-0.2, -0.15) is 0 Å². The number of hydrogen-bond acceptors (Lipinski definition) is 1. The highest BCUT2D eigenvalue weighted by Crippen LogP contribution is 2.33. The minimum atomic E-state index is -0.0873. The Labute approximate surface area is 134 Å². The Morgan fingerprint density at radius 2 is 2.25 bits per heavy atom. The van der Waals surface area contributed by atoms with Gasteiger partial charge >= 0.3 is 0 Å². The summed E-state index contributed by atoms with van der Waals surface area (Å²) in [6.45, 7) is 2.26. The van der Waals surface area contributed by atoms with Crippen LogP contribution in [0.3, 0.4) is 0 Å². The number of hydrogen-bond donors (Lipinski definition) is 1. The number of benzene rings is 1. The van der Waals surface area contributed by atoms with Crippen molar-refractivity contribution >= 4 is 33.4 Å². The van der Waals surface area contributed by atoms with Crippen LogP contribution in [0, 0.1) is 5.92 Å². The lowest BCUT2D eigenvalue weighted by atomic mass is 9.77.